The van der Waals surface area contributed by atoms with Crippen LogP contribution in [0.5, 0.6) is 5.75 Å². The van der Waals surface area contributed by atoms with Crippen LogP contribution in [0.15, 0.2) is 4.90 Å². The van der Waals surface area contributed by atoms with Gasteiger partial charge in [-0.05, 0) is 67.8 Å². The van der Waals surface area contributed by atoms with E-state index in [0.717, 1.165) is 6.92 Å². The molecule has 0 saturated heterocycles. The van der Waals surface area contributed by atoms with Crippen LogP contribution >= 0.6 is 67.8 Å². The molecule has 5 nitrogen and oxygen atoms in total. The van der Waals surface area contributed by atoms with Gasteiger partial charge in [0.1, 0.15) is 10.1 Å². The van der Waals surface area contributed by atoms with Crippen molar-refractivity contribution in [2.24, 2.45) is 0 Å². The van der Waals surface area contributed by atoms with Crippen molar-refractivity contribution in [2.45, 2.75) is 11.8 Å². The molecule has 0 amide bonds. The molecular formula is C8H3FI3O5S-. The Hall–Kier alpha value is 0.720. The fraction of sp³-hybridized carbons (Fsp3) is 0.125. The third kappa shape index (κ3) is 3.43. The number of hydrogen-bond acceptors (Lipinski definition) is 5. The number of benzene rings is 1. The zero-order valence-electron chi connectivity index (χ0n) is 8.46. The molecule has 0 unspecified atom stereocenters. The van der Waals surface area contributed by atoms with Crippen LogP contribution in [-0.4, -0.2) is 18.9 Å². The third-order valence-electron chi connectivity index (χ3n) is 1.68. The van der Waals surface area contributed by atoms with E-state index in [1.807, 2.05) is 0 Å². The van der Waals surface area contributed by atoms with Crippen LogP contribution in [0.3, 0.4) is 0 Å². The molecule has 0 aromatic heterocycles. The highest BCUT2D eigenvalue weighted by Gasteiger charge is 2.25. The van der Waals surface area contributed by atoms with Crippen molar-refractivity contribution in [1.82, 2.24) is 0 Å². The van der Waals surface area contributed by atoms with Gasteiger partial charge in [-0.1, -0.05) is 0 Å². The second-order valence-electron chi connectivity index (χ2n) is 2.96. The Morgan fingerprint density at radius 1 is 1.22 bits per heavy atom. The third-order valence-corrected chi connectivity index (χ3v) is 6.32. The second kappa shape index (κ2) is 6.01. The van der Waals surface area contributed by atoms with Crippen LogP contribution in [0.1, 0.15) is 6.92 Å². The summed E-state index contributed by atoms with van der Waals surface area (Å²) in [5, 5.41) is 0. The van der Waals surface area contributed by atoms with Crippen molar-refractivity contribution >= 4 is 83.9 Å². The summed E-state index contributed by atoms with van der Waals surface area (Å²) in [6.07, 6.45) is 0. The quantitative estimate of drug-likeness (QED) is 0.128. The second-order valence-corrected chi connectivity index (χ2v) is 7.51. The van der Waals surface area contributed by atoms with E-state index in [1.165, 1.54) is 45.2 Å². The van der Waals surface area contributed by atoms with Crippen molar-refractivity contribution < 1.29 is 26.9 Å². The number of rotatable bonds is 2. The van der Waals surface area contributed by atoms with E-state index in [0.29, 0.717) is 0 Å². The molecule has 0 aliphatic rings. The Balaban J connectivity index is 3.76. The molecule has 0 saturated carbocycles. The predicted octanol–water partition coefficient (Wildman–Crippen LogP) is 2.47. The summed E-state index contributed by atoms with van der Waals surface area (Å²) in [5.41, 5.74) is 0. The van der Waals surface area contributed by atoms with E-state index in [4.69, 9.17) is 4.74 Å². The summed E-state index contributed by atoms with van der Waals surface area (Å²) in [6.45, 7) is 1.09. The highest BCUT2D eigenvalue weighted by atomic mass is 127. The lowest BCUT2D eigenvalue weighted by atomic mass is 10.3. The van der Waals surface area contributed by atoms with Gasteiger partial charge in [-0.2, -0.15) is 0 Å². The van der Waals surface area contributed by atoms with E-state index in [1.54, 1.807) is 22.6 Å². The fourth-order valence-corrected chi connectivity index (χ4v) is 6.67. The van der Waals surface area contributed by atoms with Gasteiger partial charge < -0.3 is 9.29 Å². The zero-order valence-corrected chi connectivity index (χ0v) is 15.8. The van der Waals surface area contributed by atoms with Gasteiger partial charge >= 0.3 is 5.97 Å². The standard InChI is InChI=1S/C8H4FI3O5S/c1-2(13)17-7-4(10)3(9)5(11)8(6(7)12)18(14,15)16/h1H3,(H,14,15,16)/p-1. The first-order chi connectivity index (χ1) is 8.07. The van der Waals surface area contributed by atoms with Gasteiger partial charge in [0, 0.05) is 6.92 Å². The Morgan fingerprint density at radius 3 is 2.11 bits per heavy atom. The average molecular weight is 611 g/mol. The Morgan fingerprint density at radius 2 is 1.72 bits per heavy atom. The van der Waals surface area contributed by atoms with Crippen LogP contribution in [0.4, 0.5) is 4.39 Å². The molecule has 0 radical (unpaired) electrons. The smallest absolute Gasteiger partial charge is 0.308 e. The van der Waals surface area contributed by atoms with Crippen LogP contribution in [-0.2, 0) is 14.9 Å². The Kier molecular flexibility index (Phi) is 5.60. The molecule has 0 spiro atoms. The van der Waals surface area contributed by atoms with E-state index < -0.39 is 26.8 Å². The van der Waals surface area contributed by atoms with E-state index in [9.17, 15) is 22.2 Å². The average Bonchev–Trinajstić information content (AvgIpc) is 2.19. The molecule has 0 aliphatic heterocycles. The minimum absolute atomic E-state index is 0.0519. The molecule has 0 N–H and O–H groups in total. The first kappa shape index (κ1) is 16.8. The van der Waals surface area contributed by atoms with E-state index >= 15 is 0 Å². The maximum Gasteiger partial charge on any atom is 0.308 e. The number of hydrogen-bond donors (Lipinski definition) is 0. The lowest BCUT2D eigenvalue weighted by Gasteiger charge is -2.17. The molecule has 1 aromatic carbocycles. The first-order valence-electron chi connectivity index (χ1n) is 4.07. The number of carbonyl (C=O) groups is 1. The van der Waals surface area contributed by atoms with Gasteiger partial charge in [-0.15, -0.1) is 0 Å². The number of esters is 1. The van der Waals surface area contributed by atoms with E-state index in [-0.39, 0.29) is 16.5 Å². The number of ether oxygens (including phenoxy) is 1. The van der Waals surface area contributed by atoms with Crippen LogP contribution in [0, 0.1) is 16.5 Å². The summed E-state index contributed by atoms with van der Waals surface area (Å²) < 4.78 is 51.4. The molecule has 18 heavy (non-hydrogen) atoms. The largest absolute Gasteiger partial charge is 0.744 e. The van der Waals surface area contributed by atoms with Gasteiger partial charge in [0.25, 0.3) is 0 Å². The molecule has 1 rings (SSSR count). The van der Waals surface area contributed by atoms with Crippen molar-refractivity contribution in [3.05, 3.63) is 16.5 Å². The molecule has 0 bridgehead atoms. The van der Waals surface area contributed by atoms with Gasteiger partial charge in [-0.25, -0.2) is 12.8 Å². The molecular weight excluding hydrogens is 608 g/mol. The Bertz CT molecular complexity index is 628. The van der Waals surface area contributed by atoms with Gasteiger partial charge in [0.15, 0.2) is 11.6 Å². The lowest BCUT2D eigenvalue weighted by Crippen LogP contribution is -2.12. The summed E-state index contributed by atoms with van der Waals surface area (Å²) in [5.74, 6) is -1.89. The maximum atomic E-state index is 13.8. The fourth-order valence-electron chi connectivity index (χ4n) is 1.04. The predicted molar refractivity (Wildman–Crippen MR) is 83.8 cm³/mol. The van der Waals surface area contributed by atoms with Crippen LogP contribution in [0.2, 0.25) is 0 Å². The van der Waals surface area contributed by atoms with Crippen molar-refractivity contribution in [2.75, 3.05) is 0 Å². The molecule has 100 valence electrons. The SMILES string of the molecule is CC(=O)Oc1c(I)c(F)c(I)c(S(=O)(=O)[O-])c1I. The summed E-state index contributed by atoms with van der Waals surface area (Å²) >= 11 is 4.54. The van der Waals surface area contributed by atoms with Crippen LogP contribution < -0.4 is 4.74 Å². The maximum absolute atomic E-state index is 13.8. The number of carbonyl (C=O) groups excluding carboxylic acids is 1. The van der Waals surface area contributed by atoms with Crippen LogP contribution in [0.25, 0.3) is 0 Å². The van der Waals surface area contributed by atoms with Gasteiger partial charge in [0.05, 0.1) is 15.6 Å². The van der Waals surface area contributed by atoms with Crippen molar-refractivity contribution in [3.63, 3.8) is 0 Å². The summed E-state index contributed by atoms with van der Waals surface area (Å²) in [6, 6.07) is 0. The highest BCUT2D eigenvalue weighted by molar-refractivity contribution is 14.1. The summed E-state index contributed by atoms with van der Waals surface area (Å²) in [4.78, 5) is 10.2. The van der Waals surface area contributed by atoms with Crippen molar-refractivity contribution in [3.8, 4) is 5.75 Å². The minimum atomic E-state index is -4.86. The molecule has 0 fully saturated rings. The first-order valence-corrected chi connectivity index (χ1v) is 8.72. The Labute approximate surface area is 143 Å². The summed E-state index contributed by atoms with van der Waals surface area (Å²) in [7, 11) is -4.86. The molecule has 1 aromatic rings. The molecule has 0 aliphatic carbocycles. The van der Waals surface area contributed by atoms with E-state index in [2.05, 4.69) is 0 Å². The van der Waals surface area contributed by atoms with Crippen molar-refractivity contribution in [1.29, 1.82) is 0 Å². The molecule has 0 atom stereocenters. The monoisotopic (exact) mass is 611 g/mol. The molecule has 0 heterocycles. The normalized spacial score (nSPS) is 11.4. The van der Waals surface area contributed by atoms with Gasteiger partial charge in [-0.3, -0.25) is 4.79 Å². The number of halogens is 4. The zero-order chi connectivity index (χ0) is 14.2. The topological polar surface area (TPSA) is 83.5 Å². The lowest BCUT2D eigenvalue weighted by molar-refractivity contribution is -0.132. The highest BCUT2D eigenvalue weighted by Crippen LogP contribution is 2.38. The molecule has 10 heteroatoms. The van der Waals surface area contributed by atoms with Gasteiger partial charge in [0.2, 0.25) is 0 Å². The minimum Gasteiger partial charge on any atom is -0.744 e.